The number of allylic oxidation sites excluding steroid dienone is 4. The molecule has 0 aliphatic carbocycles. The molecule has 108 valence electrons. The molecule has 0 unspecified atom stereocenters. The summed E-state index contributed by atoms with van der Waals surface area (Å²) < 4.78 is 1.50. The molecule has 3 nitrogen and oxygen atoms in total. The van der Waals surface area contributed by atoms with Crippen molar-refractivity contribution in [2.75, 3.05) is 26.2 Å². The van der Waals surface area contributed by atoms with Crippen LogP contribution in [0, 0.1) is 0 Å². The van der Waals surface area contributed by atoms with Crippen LogP contribution in [0.15, 0.2) is 48.9 Å². The molecule has 20 heavy (non-hydrogen) atoms. The SMILES string of the molecule is C1=CNC2(C=C1)C=CC=CN2.C1CC[N+]2(C1)CCCC2. The topological polar surface area (TPSA) is 24.1 Å². The largest absolute Gasteiger partial charge is 0.362 e. The maximum Gasteiger partial charge on any atom is 0.146 e. The third-order valence-electron chi connectivity index (χ3n) is 4.81. The van der Waals surface area contributed by atoms with Gasteiger partial charge in [0.05, 0.1) is 26.2 Å². The molecular weight excluding hydrogens is 246 g/mol. The normalized spacial score (nSPS) is 27.2. The highest BCUT2D eigenvalue weighted by Crippen LogP contribution is 2.25. The van der Waals surface area contributed by atoms with Crippen LogP contribution < -0.4 is 10.6 Å². The van der Waals surface area contributed by atoms with Gasteiger partial charge in [-0.2, -0.15) is 0 Å². The molecule has 0 bridgehead atoms. The standard InChI is InChI=1S/C9H10N2.C8H16N/c1-3-7-10-9(5-1)6-2-4-8-11-9;1-2-6-9(5-1)7-3-4-8-9/h1-8,10-11H;1-8H2/q;+1. The summed E-state index contributed by atoms with van der Waals surface area (Å²) in [5, 5.41) is 6.44. The fraction of sp³-hybridized carbons (Fsp3) is 0.529. The molecule has 2 spiro atoms. The molecule has 0 atom stereocenters. The zero-order valence-electron chi connectivity index (χ0n) is 12.2. The van der Waals surface area contributed by atoms with E-state index in [1.165, 1.54) is 56.3 Å². The summed E-state index contributed by atoms with van der Waals surface area (Å²) >= 11 is 0. The van der Waals surface area contributed by atoms with Gasteiger partial charge in [0, 0.05) is 25.7 Å². The van der Waals surface area contributed by atoms with E-state index in [0.29, 0.717) is 0 Å². The van der Waals surface area contributed by atoms with Crippen molar-refractivity contribution in [3.05, 3.63) is 48.9 Å². The average molecular weight is 272 g/mol. The monoisotopic (exact) mass is 272 g/mol. The van der Waals surface area contributed by atoms with Crippen LogP contribution in [0.5, 0.6) is 0 Å². The molecule has 3 heteroatoms. The molecule has 0 saturated carbocycles. The van der Waals surface area contributed by atoms with E-state index in [2.05, 4.69) is 22.8 Å². The van der Waals surface area contributed by atoms with Gasteiger partial charge in [-0.1, -0.05) is 12.2 Å². The first-order chi connectivity index (χ1) is 9.83. The Bertz CT molecular complexity index is 388. The Morgan fingerprint density at radius 1 is 0.650 bits per heavy atom. The second-order valence-corrected chi connectivity index (χ2v) is 6.24. The minimum Gasteiger partial charge on any atom is -0.362 e. The lowest BCUT2D eigenvalue weighted by Crippen LogP contribution is -2.51. The lowest BCUT2D eigenvalue weighted by Gasteiger charge is -2.31. The summed E-state index contributed by atoms with van der Waals surface area (Å²) in [5.74, 6) is 0. The molecule has 0 amide bonds. The van der Waals surface area contributed by atoms with Crippen molar-refractivity contribution in [2.24, 2.45) is 0 Å². The Kier molecular flexibility index (Phi) is 3.97. The highest BCUT2D eigenvalue weighted by molar-refractivity contribution is 5.30. The number of dihydropyridines is 2. The zero-order chi connectivity index (χ0) is 13.7. The summed E-state index contributed by atoms with van der Waals surface area (Å²) in [6, 6.07) is 0. The molecule has 2 N–H and O–H groups in total. The summed E-state index contributed by atoms with van der Waals surface area (Å²) in [5.41, 5.74) is -0.177. The van der Waals surface area contributed by atoms with Crippen LogP contribution in [0.1, 0.15) is 25.7 Å². The van der Waals surface area contributed by atoms with Gasteiger partial charge in [0.1, 0.15) is 5.66 Å². The van der Waals surface area contributed by atoms with Crippen molar-refractivity contribution in [2.45, 2.75) is 31.3 Å². The van der Waals surface area contributed by atoms with Gasteiger partial charge in [0.25, 0.3) is 0 Å². The summed E-state index contributed by atoms with van der Waals surface area (Å²) in [4.78, 5) is 0. The van der Waals surface area contributed by atoms with Crippen LogP contribution in [-0.2, 0) is 0 Å². The number of hydrogen-bond acceptors (Lipinski definition) is 2. The molecule has 4 rings (SSSR count). The van der Waals surface area contributed by atoms with E-state index in [-0.39, 0.29) is 5.66 Å². The van der Waals surface area contributed by atoms with Gasteiger partial charge in [0.2, 0.25) is 0 Å². The van der Waals surface area contributed by atoms with Crippen LogP contribution in [0.2, 0.25) is 0 Å². The number of nitrogens with one attached hydrogen (secondary N) is 2. The number of hydrogen-bond donors (Lipinski definition) is 2. The predicted octanol–water partition coefficient (Wildman–Crippen LogP) is 2.42. The van der Waals surface area contributed by atoms with Crippen molar-refractivity contribution >= 4 is 0 Å². The highest BCUT2D eigenvalue weighted by atomic mass is 15.4. The smallest absolute Gasteiger partial charge is 0.146 e. The van der Waals surface area contributed by atoms with E-state index in [1.54, 1.807) is 0 Å². The van der Waals surface area contributed by atoms with E-state index in [4.69, 9.17) is 0 Å². The molecule has 0 radical (unpaired) electrons. The number of rotatable bonds is 0. The van der Waals surface area contributed by atoms with E-state index >= 15 is 0 Å². The first kappa shape index (κ1) is 13.5. The Hall–Kier alpha value is -1.48. The van der Waals surface area contributed by atoms with Crippen molar-refractivity contribution in [1.29, 1.82) is 0 Å². The van der Waals surface area contributed by atoms with E-state index in [0.717, 1.165) is 0 Å². The summed E-state index contributed by atoms with van der Waals surface area (Å²) in [6.45, 7) is 6.00. The average Bonchev–Trinajstić information content (AvgIpc) is 3.15. The fourth-order valence-electron chi connectivity index (χ4n) is 3.65. The molecule has 0 aromatic rings. The molecular formula is C17H26N3+. The van der Waals surface area contributed by atoms with Gasteiger partial charge in [-0.05, 0) is 36.7 Å². The first-order valence-electron chi connectivity index (χ1n) is 7.92. The maximum absolute atomic E-state index is 3.22. The van der Waals surface area contributed by atoms with Crippen LogP contribution in [0.4, 0.5) is 0 Å². The molecule has 2 saturated heterocycles. The second kappa shape index (κ2) is 5.88. The van der Waals surface area contributed by atoms with Gasteiger partial charge in [-0.3, -0.25) is 0 Å². The van der Waals surface area contributed by atoms with Gasteiger partial charge in [-0.15, -0.1) is 0 Å². The Morgan fingerprint density at radius 3 is 1.45 bits per heavy atom. The van der Waals surface area contributed by atoms with Crippen LogP contribution in [0.3, 0.4) is 0 Å². The highest BCUT2D eigenvalue weighted by Gasteiger charge is 2.34. The van der Waals surface area contributed by atoms with Gasteiger partial charge >= 0.3 is 0 Å². The van der Waals surface area contributed by atoms with Crippen LogP contribution >= 0.6 is 0 Å². The Morgan fingerprint density at radius 2 is 1.10 bits per heavy atom. The van der Waals surface area contributed by atoms with Crippen molar-refractivity contribution in [1.82, 2.24) is 10.6 Å². The van der Waals surface area contributed by atoms with Gasteiger partial charge in [0.15, 0.2) is 0 Å². The van der Waals surface area contributed by atoms with E-state index in [9.17, 15) is 0 Å². The quantitative estimate of drug-likeness (QED) is 0.662. The summed E-state index contributed by atoms with van der Waals surface area (Å²) in [6.07, 6.45) is 22.0. The molecule has 0 aromatic heterocycles. The van der Waals surface area contributed by atoms with Crippen molar-refractivity contribution in [3.63, 3.8) is 0 Å². The third kappa shape index (κ3) is 2.98. The predicted molar refractivity (Wildman–Crippen MR) is 83.8 cm³/mol. The van der Waals surface area contributed by atoms with Crippen molar-refractivity contribution < 1.29 is 4.48 Å². The first-order valence-corrected chi connectivity index (χ1v) is 7.92. The molecule has 2 fully saturated rings. The molecule has 4 aliphatic heterocycles. The van der Waals surface area contributed by atoms with Gasteiger partial charge in [-0.25, -0.2) is 0 Å². The van der Waals surface area contributed by atoms with E-state index < -0.39 is 0 Å². The van der Waals surface area contributed by atoms with Crippen LogP contribution in [0.25, 0.3) is 0 Å². The minimum atomic E-state index is -0.177. The minimum absolute atomic E-state index is 0.177. The second-order valence-electron chi connectivity index (χ2n) is 6.24. The summed E-state index contributed by atoms with van der Waals surface area (Å²) in [7, 11) is 0. The molecule has 4 heterocycles. The molecule has 0 aromatic carbocycles. The Balaban J connectivity index is 0.000000123. The van der Waals surface area contributed by atoms with Crippen molar-refractivity contribution in [3.8, 4) is 0 Å². The zero-order valence-corrected chi connectivity index (χ0v) is 12.2. The van der Waals surface area contributed by atoms with Gasteiger partial charge < -0.3 is 15.1 Å². The Labute approximate surface area is 122 Å². The van der Waals surface area contributed by atoms with E-state index in [1.807, 2.05) is 36.7 Å². The number of quaternary nitrogens is 1. The molecule has 4 aliphatic rings. The third-order valence-corrected chi connectivity index (χ3v) is 4.81. The number of nitrogens with zero attached hydrogens (tertiary/aromatic N) is 1. The lowest BCUT2D eigenvalue weighted by atomic mass is 10.1. The fourth-order valence-corrected chi connectivity index (χ4v) is 3.65. The van der Waals surface area contributed by atoms with Crippen LogP contribution in [-0.4, -0.2) is 36.3 Å². The lowest BCUT2D eigenvalue weighted by molar-refractivity contribution is -0.904. The maximum atomic E-state index is 3.22.